The summed E-state index contributed by atoms with van der Waals surface area (Å²) >= 11 is 0. The molecule has 23 heavy (non-hydrogen) atoms. The molecule has 0 aromatic carbocycles. The smallest absolute Gasteiger partial charge is 0.311 e. The van der Waals surface area contributed by atoms with Gasteiger partial charge in [-0.3, -0.25) is 14.6 Å². The molecule has 0 bridgehead atoms. The summed E-state index contributed by atoms with van der Waals surface area (Å²) in [5.74, 6) is -2.15. The first-order valence-corrected chi connectivity index (χ1v) is 8.24. The van der Waals surface area contributed by atoms with Crippen LogP contribution < -0.4 is 5.73 Å². The van der Waals surface area contributed by atoms with Gasteiger partial charge in [0.05, 0.1) is 17.0 Å². The summed E-state index contributed by atoms with van der Waals surface area (Å²) in [7, 11) is 0. The van der Waals surface area contributed by atoms with Gasteiger partial charge in [0.1, 0.15) is 0 Å². The Morgan fingerprint density at radius 3 is 2.52 bits per heavy atom. The fourth-order valence-electron chi connectivity index (χ4n) is 4.39. The van der Waals surface area contributed by atoms with Crippen molar-refractivity contribution in [2.75, 3.05) is 0 Å². The average molecular weight is 318 g/mol. The standard InChI is InChI=1S/C18H26N2O3/c1-11(2)13-8-7-12(3)10-18(13,17(22)23)15(16(19)21)14-6-4-5-9-20-14/h4-6,9,11-13,15H,7-8,10H2,1-3H3,(H2,19,21)(H,22,23). The Morgan fingerprint density at radius 2 is 2.04 bits per heavy atom. The van der Waals surface area contributed by atoms with E-state index in [1.54, 1.807) is 24.4 Å². The van der Waals surface area contributed by atoms with Crippen LogP contribution in [0.15, 0.2) is 24.4 Å². The zero-order chi connectivity index (χ0) is 17.2. The van der Waals surface area contributed by atoms with Gasteiger partial charge in [0.25, 0.3) is 0 Å². The molecule has 126 valence electrons. The van der Waals surface area contributed by atoms with E-state index in [1.807, 2.05) is 20.8 Å². The molecule has 1 aliphatic rings. The van der Waals surface area contributed by atoms with Crippen LogP contribution in [0.2, 0.25) is 0 Å². The number of carbonyl (C=O) groups excluding carboxylic acids is 1. The molecule has 4 unspecified atom stereocenters. The Balaban J connectivity index is 2.64. The van der Waals surface area contributed by atoms with Gasteiger partial charge in [-0.05, 0) is 42.7 Å². The SMILES string of the molecule is CC1CCC(C(C)C)C(C(=O)O)(C(C(N)=O)c2ccccn2)C1. The van der Waals surface area contributed by atoms with Crippen LogP contribution in [0.25, 0.3) is 0 Å². The van der Waals surface area contributed by atoms with Crippen molar-refractivity contribution in [2.45, 2.75) is 46.0 Å². The first-order chi connectivity index (χ1) is 10.8. The third-order valence-electron chi connectivity index (χ3n) is 5.30. The molecule has 1 aromatic rings. The number of pyridine rings is 1. The van der Waals surface area contributed by atoms with E-state index in [0.717, 1.165) is 12.8 Å². The molecule has 5 heteroatoms. The maximum atomic E-state index is 12.4. The predicted octanol–water partition coefficient (Wildman–Crippen LogP) is 2.81. The molecule has 2 rings (SSSR count). The van der Waals surface area contributed by atoms with Crippen LogP contribution in [0.1, 0.15) is 51.6 Å². The highest BCUT2D eigenvalue weighted by Gasteiger charge is 2.57. The van der Waals surface area contributed by atoms with Crippen molar-refractivity contribution in [3.8, 4) is 0 Å². The quantitative estimate of drug-likeness (QED) is 0.873. The predicted molar refractivity (Wildman–Crippen MR) is 87.6 cm³/mol. The van der Waals surface area contributed by atoms with Gasteiger partial charge < -0.3 is 10.8 Å². The number of nitrogens with zero attached hydrogens (tertiary/aromatic N) is 1. The minimum Gasteiger partial charge on any atom is -0.481 e. The summed E-state index contributed by atoms with van der Waals surface area (Å²) < 4.78 is 0. The van der Waals surface area contributed by atoms with Gasteiger partial charge in [-0.1, -0.05) is 33.3 Å². The first kappa shape index (κ1) is 17.4. The van der Waals surface area contributed by atoms with E-state index < -0.39 is 23.2 Å². The van der Waals surface area contributed by atoms with Crippen molar-refractivity contribution in [1.29, 1.82) is 0 Å². The molecule has 1 aromatic heterocycles. The van der Waals surface area contributed by atoms with Crippen LogP contribution in [0.4, 0.5) is 0 Å². The molecule has 4 atom stereocenters. The van der Waals surface area contributed by atoms with Gasteiger partial charge in [0.15, 0.2) is 0 Å². The monoisotopic (exact) mass is 318 g/mol. The summed E-state index contributed by atoms with van der Waals surface area (Å²) in [6, 6.07) is 5.22. The number of carbonyl (C=O) groups is 2. The molecule has 0 spiro atoms. The third-order valence-corrected chi connectivity index (χ3v) is 5.30. The van der Waals surface area contributed by atoms with E-state index in [0.29, 0.717) is 12.1 Å². The van der Waals surface area contributed by atoms with Gasteiger partial charge in [0.2, 0.25) is 5.91 Å². The largest absolute Gasteiger partial charge is 0.481 e. The molecular weight excluding hydrogens is 292 g/mol. The fraction of sp³-hybridized carbons (Fsp3) is 0.611. The summed E-state index contributed by atoms with van der Waals surface area (Å²) in [5.41, 5.74) is 4.96. The maximum Gasteiger partial charge on any atom is 0.311 e. The van der Waals surface area contributed by atoms with Crippen molar-refractivity contribution >= 4 is 11.9 Å². The molecule has 0 saturated heterocycles. The van der Waals surface area contributed by atoms with Gasteiger partial charge in [-0.25, -0.2) is 0 Å². The van der Waals surface area contributed by atoms with E-state index in [4.69, 9.17) is 5.73 Å². The molecule has 0 aliphatic heterocycles. The molecule has 0 radical (unpaired) electrons. The van der Waals surface area contributed by atoms with Crippen molar-refractivity contribution < 1.29 is 14.7 Å². The van der Waals surface area contributed by atoms with E-state index in [1.165, 1.54) is 0 Å². The summed E-state index contributed by atoms with van der Waals surface area (Å²) in [4.78, 5) is 29.0. The van der Waals surface area contributed by atoms with Gasteiger partial charge in [0, 0.05) is 6.20 Å². The lowest BCUT2D eigenvalue weighted by Crippen LogP contribution is -2.53. The van der Waals surface area contributed by atoms with Crippen LogP contribution in [-0.2, 0) is 9.59 Å². The minimum absolute atomic E-state index is 0.101. The second kappa shape index (κ2) is 6.69. The van der Waals surface area contributed by atoms with E-state index in [2.05, 4.69) is 4.98 Å². The van der Waals surface area contributed by atoms with Crippen LogP contribution in [0, 0.1) is 23.2 Å². The summed E-state index contributed by atoms with van der Waals surface area (Å²) in [6.07, 6.45) is 3.81. The number of hydrogen-bond donors (Lipinski definition) is 2. The number of nitrogens with two attached hydrogens (primary N) is 1. The maximum absolute atomic E-state index is 12.4. The van der Waals surface area contributed by atoms with Crippen molar-refractivity contribution in [2.24, 2.45) is 28.9 Å². The average Bonchev–Trinajstić information content (AvgIpc) is 2.47. The molecule has 1 fully saturated rings. The highest BCUT2D eigenvalue weighted by atomic mass is 16.4. The Kier molecular flexibility index (Phi) is 5.07. The Hall–Kier alpha value is -1.91. The number of primary amides is 1. The minimum atomic E-state index is -1.19. The molecule has 1 aliphatic carbocycles. The number of aromatic nitrogens is 1. The molecule has 1 saturated carbocycles. The van der Waals surface area contributed by atoms with Gasteiger partial charge in [-0.15, -0.1) is 0 Å². The van der Waals surface area contributed by atoms with Crippen LogP contribution >= 0.6 is 0 Å². The number of carboxylic acids is 1. The highest BCUT2D eigenvalue weighted by Crippen LogP contribution is 2.54. The van der Waals surface area contributed by atoms with E-state index in [9.17, 15) is 14.7 Å². The van der Waals surface area contributed by atoms with Crippen molar-refractivity contribution in [3.05, 3.63) is 30.1 Å². The number of carboxylic acid groups (broad SMARTS) is 1. The second-order valence-electron chi connectivity index (χ2n) is 7.17. The Morgan fingerprint density at radius 1 is 1.35 bits per heavy atom. The van der Waals surface area contributed by atoms with Gasteiger partial charge >= 0.3 is 5.97 Å². The molecular formula is C18H26N2O3. The lowest BCUT2D eigenvalue weighted by Gasteiger charge is -2.48. The van der Waals surface area contributed by atoms with E-state index in [-0.39, 0.29) is 17.8 Å². The molecule has 1 heterocycles. The normalized spacial score (nSPS) is 29.2. The number of aliphatic carboxylic acids is 1. The van der Waals surface area contributed by atoms with Crippen molar-refractivity contribution in [1.82, 2.24) is 4.98 Å². The van der Waals surface area contributed by atoms with Crippen LogP contribution in [-0.4, -0.2) is 22.0 Å². The topological polar surface area (TPSA) is 93.3 Å². The number of hydrogen-bond acceptors (Lipinski definition) is 3. The second-order valence-corrected chi connectivity index (χ2v) is 7.17. The first-order valence-electron chi connectivity index (χ1n) is 8.24. The third kappa shape index (κ3) is 3.09. The highest BCUT2D eigenvalue weighted by molar-refractivity contribution is 5.90. The lowest BCUT2D eigenvalue weighted by molar-refractivity contribution is -0.164. The van der Waals surface area contributed by atoms with Crippen LogP contribution in [0.5, 0.6) is 0 Å². The molecule has 3 N–H and O–H groups in total. The van der Waals surface area contributed by atoms with E-state index >= 15 is 0 Å². The lowest BCUT2D eigenvalue weighted by atomic mass is 9.54. The fourth-order valence-corrected chi connectivity index (χ4v) is 4.39. The number of rotatable bonds is 5. The number of amides is 1. The summed E-state index contributed by atoms with van der Waals surface area (Å²) in [5, 5.41) is 10.2. The summed E-state index contributed by atoms with van der Waals surface area (Å²) in [6.45, 7) is 6.09. The zero-order valence-electron chi connectivity index (χ0n) is 14.0. The van der Waals surface area contributed by atoms with Crippen molar-refractivity contribution in [3.63, 3.8) is 0 Å². The zero-order valence-corrected chi connectivity index (χ0v) is 14.0. The van der Waals surface area contributed by atoms with Crippen LogP contribution in [0.3, 0.4) is 0 Å². The Bertz CT molecular complexity index is 573. The molecule has 1 amide bonds. The Labute approximate surface area is 137 Å². The van der Waals surface area contributed by atoms with Gasteiger partial charge in [-0.2, -0.15) is 0 Å². The molecule has 5 nitrogen and oxygen atoms in total.